The normalized spacial score (nSPS) is 12.5. The molecule has 0 heterocycles. The summed E-state index contributed by atoms with van der Waals surface area (Å²) in [4.78, 5) is 0. The van der Waals surface area contributed by atoms with Gasteiger partial charge < -0.3 is 9.47 Å². The molecule has 5 rings (SSSR count). The Morgan fingerprint density at radius 2 is 0.684 bits per heavy atom. The summed E-state index contributed by atoms with van der Waals surface area (Å²) in [5.74, 6) is 1.75. The van der Waals surface area contributed by atoms with Gasteiger partial charge in [0.15, 0.2) is 0 Å². The molecule has 0 amide bonds. The molecule has 0 N–H and O–H groups in total. The molecule has 5 aromatic rings. The minimum Gasteiger partial charge on any atom is -0.497 e. The van der Waals surface area contributed by atoms with Crippen molar-refractivity contribution < 1.29 is 9.47 Å². The Bertz CT molecular complexity index is 1360. The second-order valence-corrected chi connectivity index (χ2v) is 13.6. The van der Waals surface area contributed by atoms with Crippen LogP contribution < -0.4 is 41.3 Å². The molecule has 0 aliphatic carbocycles. The Labute approximate surface area is 228 Å². The molecule has 0 spiro atoms. The lowest BCUT2D eigenvalue weighted by atomic mass is 10.2. The van der Waals surface area contributed by atoms with Gasteiger partial charge in [0.1, 0.15) is 11.5 Å². The van der Waals surface area contributed by atoms with Crippen LogP contribution in [0.5, 0.6) is 11.5 Å². The summed E-state index contributed by atoms with van der Waals surface area (Å²) in [7, 11) is 1.86. The van der Waals surface area contributed by atoms with Crippen molar-refractivity contribution in [1.29, 1.82) is 0 Å². The summed E-state index contributed by atoms with van der Waals surface area (Å²) in [6.45, 7) is 4.29. The van der Waals surface area contributed by atoms with Gasteiger partial charge in [-0.25, -0.2) is 0 Å². The van der Waals surface area contributed by atoms with Crippen LogP contribution in [0.3, 0.4) is 0 Å². The Hall–Kier alpha value is -3.44. The van der Waals surface area contributed by atoms with Crippen LogP contribution in [0.25, 0.3) is 0 Å². The predicted molar refractivity (Wildman–Crippen MR) is 166 cm³/mol. The molecule has 0 radical (unpaired) electrons. The molecule has 0 aliphatic heterocycles. The summed E-state index contributed by atoms with van der Waals surface area (Å²) in [6, 6.07) is 44.3. The lowest BCUT2D eigenvalue weighted by Gasteiger charge is -2.27. The third kappa shape index (κ3) is 5.68. The van der Waals surface area contributed by atoms with Gasteiger partial charge in [-0.15, -0.1) is 0 Å². The smallest absolute Gasteiger partial charge is 0.118 e. The van der Waals surface area contributed by atoms with Crippen LogP contribution >= 0.6 is 15.8 Å². The third-order valence-corrected chi connectivity index (χ3v) is 11.8. The first-order chi connectivity index (χ1) is 18.6. The second kappa shape index (κ2) is 12.0. The zero-order valence-electron chi connectivity index (χ0n) is 22.3. The Morgan fingerprint density at radius 3 is 0.974 bits per heavy atom. The van der Waals surface area contributed by atoms with Crippen LogP contribution in [0.1, 0.15) is 11.1 Å². The van der Waals surface area contributed by atoms with Crippen molar-refractivity contribution >= 4 is 47.7 Å². The van der Waals surface area contributed by atoms with Crippen molar-refractivity contribution in [1.82, 2.24) is 0 Å². The first-order valence-corrected chi connectivity index (χ1v) is 15.4. The highest BCUT2D eigenvalue weighted by molar-refractivity contribution is 7.85. The van der Waals surface area contributed by atoms with E-state index < -0.39 is 15.8 Å². The molecule has 4 heteroatoms. The van der Waals surface area contributed by atoms with Crippen LogP contribution in [0.2, 0.25) is 0 Å². The predicted octanol–water partition coefficient (Wildman–Crippen LogP) is 5.84. The minimum absolute atomic E-state index is 0.789. The Kier molecular flexibility index (Phi) is 8.23. The summed E-state index contributed by atoms with van der Waals surface area (Å²) >= 11 is 0. The van der Waals surface area contributed by atoms with Crippen LogP contribution in [-0.2, 0) is 0 Å². The van der Waals surface area contributed by atoms with Gasteiger partial charge in [-0.05, 0) is 85.8 Å². The zero-order chi connectivity index (χ0) is 26.5. The van der Waals surface area contributed by atoms with Gasteiger partial charge in [0, 0.05) is 0 Å². The average Bonchev–Trinajstić information content (AvgIpc) is 2.97. The fourth-order valence-corrected chi connectivity index (χ4v) is 9.72. The Balaban J connectivity index is 1.72. The van der Waals surface area contributed by atoms with Gasteiger partial charge in [-0.2, -0.15) is 0 Å². The average molecular weight is 535 g/mol. The van der Waals surface area contributed by atoms with Gasteiger partial charge in [0.2, 0.25) is 0 Å². The zero-order valence-corrected chi connectivity index (χ0v) is 24.0. The van der Waals surface area contributed by atoms with E-state index in [0.717, 1.165) is 11.5 Å². The lowest BCUT2D eigenvalue weighted by Crippen LogP contribution is -2.34. The van der Waals surface area contributed by atoms with Gasteiger partial charge >= 0.3 is 0 Å². The van der Waals surface area contributed by atoms with Crippen LogP contribution in [0.15, 0.2) is 121 Å². The van der Waals surface area contributed by atoms with E-state index in [9.17, 15) is 0 Å². The van der Waals surface area contributed by atoms with Crippen LogP contribution in [-0.4, -0.2) is 14.2 Å². The SMILES string of the molecule is COc1ccc(P(c2ccc(C)cc2)c2ccccc2P(c2ccc(C)cc2)c2ccc(OC)cc2)cc1. The molecule has 0 saturated heterocycles. The first kappa shape index (κ1) is 26.2. The summed E-state index contributed by atoms with van der Waals surface area (Å²) in [6.07, 6.45) is 0. The Morgan fingerprint density at radius 1 is 0.395 bits per heavy atom. The van der Waals surface area contributed by atoms with Gasteiger partial charge in [0.25, 0.3) is 0 Å². The van der Waals surface area contributed by atoms with E-state index in [0.29, 0.717) is 0 Å². The molecule has 2 nitrogen and oxygen atoms in total. The number of hydrogen-bond acceptors (Lipinski definition) is 2. The van der Waals surface area contributed by atoms with E-state index in [4.69, 9.17) is 9.47 Å². The minimum atomic E-state index is -0.789. The van der Waals surface area contributed by atoms with E-state index in [1.54, 1.807) is 14.2 Å². The van der Waals surface area contributed by atoms with Gasteiger partial charge in [0.05, 0.1) is 14.2 Å². The molecular weight excluding hydrogens is 502 g/mol. The molecule has 0 aromatic heterocycles. The topological polar surface area (TPSA) is 18.5 Å². The largest absolute Gasteiger partial charge is 0.497 e. The van der Waals surface area contributed by atoms with E-state index in [1.165, 1.54) is 43.0 Å². The summed E-state index contributed by atoms with van der Waals surface area (Å²) in [5, 5.41) is 8.09. The van der Waals surface area contributed by atoms with Crippen molar-refractivity contribution in [2.24, 2.45) is 0 Å². The molecule has 2 atom stereocenters. The number of methoxy groups -OCH3 is 2. The van der Waals surface area contributed by atoms with Crippen molar-refractivity contribution in [2.45, 2.75) is 13.8 Å². The maximum Gasteiger partial charge on any atom is 0.118 e. The third-order valence-electron chi connectivity index (χ3n) is 6.61. The molecule has 38 heavy (non-hydrogen) atoms. The number of benzene rings is 5. The molecule has 190 valence electrons. The fraction of sp³-hybridized carbons (Fsp3) is 0.118. The van der Waals surface area contributed by atoms with Gasteiger partial charge in [-0.1, -0.05) is 108 Å². The molecule has 0 saturated carbocycles. The molecule has 2 unspecified atom stereocenters. The first-order valence-electron chi connectivity index (χ1n) is 12.7. The van der Waals surface area contributed by atoms with Crippen molar-refractivity contribution in [3.63, 3.8) is 0 Å². The maximum atomic E-state index is 5.48. The fourth-order valence-electron chi connectivity index (χ4n) is 4.55. The van der Waals surface area contributed by atoms with Crippen LogP contribution in [0, 0.1) is 13.8 Å². The molecule has 5 aromatic carbocycles. The number of aryl methyl sites for hydroxylation is 2. The van der Waals surface area contributed by atoms with Crippen molar-refractivity contribution in [3.8, 4) is 11.5 Å². The van der Waals surface area contributed by atoms with Gasteiger partial charge in [-0.3, -0.25) is 0 Å². The standard InChI is InChI=1S/C34H32O2P2/c1-25-9-17-29(18-10-25)37(31-21-13-27(35-3)14-22-31)33-7-5-6-8-34(33)38(30-19-11-26(2)12-20-30)32-23-15-28(36-4)16-24-32/h5-24H,1-4H3. The van der Waals surface area contributed by atoms with E-state index >= 15 is 0 Å². The number of rotatable bonds is 8. The van der Waals surface area contributed by atoms with E-state index in [2.05, 4.69) is 135 Å². The van der Waals surface area contributed by atoms with Crippen molar-refractivity contribution in [3.05, 3.63) is 132 Å². The summed E-state index contributed by atoms with van der Waals surface area (Å²) < 4.78 is 11.0. The molecule has 0 bridgehead atoms. The highest BCUT2D eigenvalue weighted by Gasteiger charge is 2.25. The van der Waals surface area contributed by atoms with E-state index in [-0.39, 0.29) is 0 Å². The molecular formula is C34H32O2P2. The lowest BCUT2D eigenvalue weighted by molar-refractivity contribution is 0.415. The second-order valence-electron chi connectivity index (χ2n) is 9.23. The monoisotopic (exact) mass is 534 g/mol. The maximum absolute atomic E-state index is 5.48. The highest BCUT2D eigenvalue weighted by Crippen LogP contribution is 2.39. The highest BCUT2D eigenvalue weighted by atomic mass is 31.1. The number of ether oxygens (including phenoxy) is 2. The quantitative estimate of drug-likeness (QED) is 0.233. The van der Waals surface area contributed by atoms with Crippen LogP contribution in [0.4, 0.5) is 0 Å². The van der Waals surface area contributed by atoms with E-state index in [1.807, 2.05) is 0 Å². The number of hydrogen-bond donors (Lipinski definition) is 0. The summed E-state index contributed by atoms with van der Waals surface area (Å²) in [5.41, 5.74) is 2.54. The van der Waals surface area contributed by atoms with Crippen molar-refractivity contribution in [2.75, 3.05) is 14.2 Å². The molecule has 0 aliphatic rings. The molecule has 0 fully saturated rings.